The Morgan fingerprint density at radius 2 is 1.91 bits per heavy atom. The topological polar surface area (TPSA) is 86.8 Å². The molecule has 9 nitrogen and oxygen atoms in total. The quantitative estimate of drug-likeness (QED) is 0.479. The molecule has 2 aromatic heterocycles. The summed E-state index contributed by atoms with van der Waals surface area (Å²) in [6, 6.07) is 0. The van der Waals surface area contributed by atoms with E-state index in [4.69, 9.17) is 9.47 Å². The van der Waals surface area contributed by atoms with Gasteiger partial charge in [0.05, 0.1) is 36.2 Å². The molecule has 0 radical (unpaired) electrons. The van der Waals surface area contributed by atoms with Crippen LogP contribution in [0.15, 0.2) is 23.8 Å². The second kappa shape index (κ2) is 12.8. The monoisotopic (exact) mass is 472 g/mol. The van der Waals surface area contributed by atoms with Crippen LogP contribution < -0.4 is 4.74 Å². The van der Waals surface area contributed by atoms with Gasteiger partial charge in [0.2, 0.25) is 5.88 Å². The van der Waals surface area contributed by atoms with E-state index in [-0.39, 0.29) is 13.2 Å². The number of aromatic nitrogens is 4. The molecule has 0 aliphatic carbocycles. The number of aryl methyl sites for hydroxylation is 2. The summed E-state index contributed by atoms with van der Waals surface area (Å²) < 4.78 is 15.0. The molecular formula is C25H40N6O3. The fourth-order valence-electron chi connectivity index (χ4n) is 3.18. The SMILES string of the molecule is C=Cc1c(CN(CCOc2c(/C(=C/C)N=C)cnn2C)C(=O)OC(C)(C)C)nn(C)c1C.CC. The first-order chi connectivity index (χ1) is 16.0. The van der Waals surface area contributed by atoms with Gasteiger partial charge in [0.25, 0.3) is 0 Å². The van der Waals surface area contributed by atoms with E-state index in [0.717, 1.165) is 22.5 Å². The molecule has 188 valence electrons. The van der Waals surface area contributed by atoms with Crippen molar-refractivity contribution in [2.24, 2.45) is 19.1 Å². The van der Waals surface area contributed by atoms with Crippen molar-refractivity contribution < 1.29 is 14.3 Å². The van der Waals surface area contributed by atoms with Gasteiger partial charge in [0.1, 0.15) is 12.2 Å². The number of aliphatic imine (C=N–C) groups is 1. The molecule has 0 atom stereocenters. The van der Waals surface area contributed by atoms with E-state index in [1.54, 1.807) is 33.6 Å². The average molecular weight is 473 g/mol. The molecule has 0 bridgehead atoms. The van der Waals surface area contributed by atoms with Gasteiger partial charge in [-0.1, -0.05) is 32.6 Å². The first kappa shape index (κ1) is 28.7. The third-order valence-electron chi connectivity index (χ3n) is 4.86. The average Bonchev–Trinajstić information content (AvgIpc) is 3.27. The Bertz CT molecular complexity index is 1010. The van der Waals surface area contributed by atoms with Crippen LogP contribution in [-0.2, 0) is 25.4 Å². The van der Waals surface area contributed by atoms with E-state index in [0.29, 0.717) is 18.1 Å². The van der Waals surface area contributed by atoms with Gasteiger partial charge in [-0.15, -0.1) is 0 Å². The summed E-state index contributed by atoms with van der Waals surface area (Å²) in [6.07, 6.45) is 4.83. The predicted octanol–water partition coefficient (Wildman–Crippen LogP) is 5.01. The van der Waals surface area contributed by atoms with Crippen LogP contribution in [0.5, 0.6) is 5.88 Å². The van der Waals surface area contributed by atoms with E-state index in [1.165, 1.54) is 0 Å². The van der Waals surface area contributed by atoms with Crippen LogP contribution in [0.4, 0.5) is 4.79 Å². The van der Waals surface area contributed by atoms with Gasteiger partial charge in [0.15, 0.2) is 0 Å². The first-order valence-electron chi connectivity index (χ1n) is 11.4. The lowest BCUT2D eigenvalue weighted by Crippen LogP contribution is -2.39. The summed E-state index contributed by atoms with van der Waals surface area (Å²) in [5.74, 6) is 0.551. The molecule has 0 aromatic carbocycles. The molecule has 2 heterocycles. The summed E-state index contributed by atoms with van der Waals surface area (Å²) in [6.45, 7) is 21.6. The van der Waals surface area contributed by atoms with Gasteiger partial charge in [0, 0.05) is 25.4 Å². The third kappa shape index (κ3) is 7.33. The summed E-state index contributed by atoms with van der Waals surface area (Å²) >= 11 is 0. The molecule has 0 saturated carbocycles. The summed E-state index contributed by atoms with van der Waals surface area (Å²) in [4.78, 5) is 18.5. The van der Waals surface area contributed by atoms with Crippen LogP contribution in [0.1, 0.15) is 64.1 Å². The molecule has 0 aliphatic rings. The number of hydrogen-bond donors (Lipinski definition) is 0. The normalized spacial score (nSPS) is 11.4. The van der Waals surface area contributed by atoms with Crippen LogP contribution in [0, 0.1) is 6.92 Å². The molecule has 2 aromatic rings. The van der Waals surface area contributed by atoms with Crippen LogP contribution in [0.25, 0.3) is 11.8 Å². The fourth-order valence-corrected chi connectivity index (χ4v) is 3.18. The zero-order valence-corrected chi connectivity index (χ0v) is 22.2. The van der Waals surface area contributed by atoms with Crippen molar-refractivity contribution in [2.45, 2.75) is 60.6 Å². The molecule has 0 saturated heterocycles. The maximum Gasteiger partial charge on any atom is 0.410 e. The van der Waals surface area contributed by atoms with E-state index < -0.39 is 11.7 Å². The lowest BCUT2D eigenvalue weighted by atomic mass is 10.2. The van der Waals surface area contributed by atoms with Gasteiger partial charge >= 0.3 is 6.09 Å². The van der Waals surface area contributed by atoms with E-state index in [9.17, 15) is 4.79 Å². The lowest BCUT2D eigenvalue weighted by Gasteiger charge is -2.27. The second-order valence-electron chi connectivity index (χ2n) is 8.34. The maximum atomic E-state index is 12.9. The van der Waals surface area contributed by atoms with E-state index >= 15 is 0 Å². The van der Waals surface area contributed by atoms with Gasteiger partial charge < -0.3 is 9.47 Å². The van der Waals surface area contributed by atoms with Crippen molar-refractivity contribution in [3.63, 3.8) is 0 Å². The molecule has 9 heteroatoms. The van der Waals surface area contributed by atoms with Gasteiger partial charge in [-0.05, 0) is 41.3 Å². The highest BCUT2D eigenvalue weighted by atomic mass is 16.6. The number of allylic oxidation sites excluding steroid dienone is 1. The highest BCUT2D eigenvalue weighted by molar-refractivity contribution is 5.70. The number of hydrogen-bond acceptors (Lipinski definition) is 6. The number of rotatable bonds is 9. The minimum Gasteiger partial charge on any atom is -0.475 e. The van der Waals surface area contributed by atoms with Gasteiger partial charge in [-0.2, -0.15) is 10.2 Å². The minimum atomic E-state index is -0.622. The van der Waals surface area contributed by atoms with Gasteiger partial charge in [-0.3, -0.25) is 14.6 Å². The highest BCUT2D eigenvalue weighted by Crippen LogP contribution is 2.26. The smallest absolute Gasteiger partial charge is 0.410 e. The molecule has 0 aliphatic heterocycles. The van der Waals surface area contributed by atoms with Crippen LogP contribution in [0.3, 0.4) is 0 Å². The minimum absolute atomic E-state index is 0.231. The maximum absolute atomic E-state index is 12.9. The summed E-state index contributed by atoms with van der Waals surface area (Å²) in [7, 11) is 3.65. The first-order valence-corrected chi connectivity index (χ1v) is 11.4. The highest BCUT2D eigenvalue weighted by Gasteiger charge is 2.25. The standard InChI is InChI=1S/C23H34N6O3.C2H6/c1-10-17-16(3)27(8)26-20(17)15-29(22(30)32-23(4,5)6)12-13-31-21-18(14-25-28(21)9)19(11-2)24-7;1-2/h10-11,14H,1,7,12-13,15H2,2-6,8-9H3;1-2H3/b19-11-;. The molecule has 0 N–H and O–H groups in total. The molecule has 0 fully saturated rings. The predicted molar refractivity (Wildman–Crippen MR) is 138 cm³/mol. The summed E-state index contributed by atoms with van der Waals surface area (Å²) in [5, 5.41) is 8.80. The Balaban J connectivity index is 0.00000281. The molecule has 34 heavy (non-hydrogen) atoms. The van der Waals surface area contributed by atoms with Crippen molar-refractivity contribution in [3.05, 3.63) is 41.4 Å². The van der Waals surface area contributed by atoms with Crippen molar-refractivity contribution in [1.82, 2.24) is 24.5 Å². The molecule has 0 unspecified atom stereocenters. The Labute approximate surface area is 203 Å². The Morgan fingerprint density at radius 3 is 2.44 bits per heavy atom. The zero-order valence-electron chi connectivity index (χ0n) is 22.2. The number of carbonyl (C=O) groups excluding carboxylic acids is 1. The van der Waals surface area contributed by atoms with Crippen molar-refractivity contribution >= 4 is 24.6 Å². The molecule has 2 rings (SSSR count). The van der Waals surface area contributed by atoms with E-state index in [2.05, 4.69) is 28.5 Å². The number of ether oxygens (including phenoxy) is 2. The number of amides is 1. The van der Waals surface area contributed by atoms with Crippen LogP contribution in [0.2, 0.25) is 0 Å². The van der Waals surface area contributed by atoms with Crippen molar-refractivity contribution in [1.29, 1.82) is 0 Å². The Hall–Kier alpha value is -3.36. The third-order valence-corrected chi connectivity index (χ3v) is 4.86. The van der Waals surface area contributed by atoms with Crippen LogP contribution in [-0.4, -0.2) is 56.0 Å². The Kier molecular flexibility index (Phi) is 10.8. The Morgan fingerprint density at radius 1 is 1.26 bits per heavy atom. The van der Waals surface area contributed by atoms with Crippen molar-refractivity contribution in [2.75, 3.05) is 13.2 Å². The van der Waals surface area contributed by atoms with Crippen LogP contribution >= 0.6 is 0 Å². The molecule has 0 spiro atoms. The molecule has 1 amide bonds. The van der Waals surface area contributed by atoms with E-state index in [1.807, 2.05) is 61.6 Å². The fraction of sp³-hybridized carbons (Fsp3) is 0.520. The van der Waals surface area contributed by atoms with Gasteiger partial charge in [-0.25, -0.2) is 9.48 Å². The molecular weight excluding hydrogens is 432 g/mol. The zero-order chi connectivity index (χ0) is 26.1. The lowest BCUT2D eigenvalue weighted by molar-refractivity contribution is 0.0204. The second-order valence-corrected chi connectivity index (χ2v) is 8.34. The summed E-state index contributed by atoms with van der Waals surface area (Å²) in [5.41, 5.74) is 3.43. The van der Waals surface area contributed by atoms with Crippen molar-refractivity contribution in [3.8, 4) is 5.88 Å². The number of nitrogens with zero attached hydrogens (tertiary/aromatic N) is 6. The largest absolute Gasteiger partial charge is 0.475 e. The number of carbonyl (C=O) groups is 1.